The predicted molar refractivity (Wildman–Crippen MR) is 49.0 cm³/mol. The lowest BCUT2D eigenvalue weighted by Gasteiger charge is -1.96. The van der Waals surface area contributed by atoms with Crippen molar-refractivity contribution < 1.29 is 0 Å². The Bertz CT molecular complexity index is 284. The summed E-state index contributed by atoms with van der Waals surface area (Å²) < 4.78 is 1.49. The quantitative estimate of drug-likeness (QED) is 0.739. The highest BCUT2D eigenvalue weighted by molar-refractivity contribution is 9.11. The summed E-state index contributed by atoms with van der Waals surface area (Å²) in [5, 5.41) is 8.40. The fourth-order valence-electron chi connectivity index (χ4n) is 0.708. The van der Waals surface area contributed by atoms with Gasteiger partial charge in [-0.25, -0.2) is 4.98 Å². The van der Waals surface area contributed by atoms with Crippen LogP contribution < -0.4 is 0 Å². The van der Waals surface area contributed by atoms with Crippen LogP contribution in [-0.4, -0.2) is 4.98 Å². The molecule has 2 nitrogen and oxygen atoms in total. The Kier molecular flexibility index (Phi) is 3.03. The van der Waals surface area contributed by atoms with Gasteiger partial charge in [0.15, 0.2) is 0 Å². The third-order valence-corrected chi connectivity index (χ3v) is 1.92. The first kappa shape index (κ1) is 8.69. The first-order valence-electron chi connectivity index (χ1n) is 2.91. The lowest BCUT2D eigenvalue weighted by Crippen LogP contribution is -1.84. The number of halogens is 2. The second kappa shape index (κ2) is 3.84. The fraction of sp³-hybridized carbons (Fsp3) is 0.143. The van der Waals surface area contributed by atoms with E-state index < -0.39 is 0 Å². The highest BCUT2D eigenvalue weighted by Crippen LogP contribution is 2.15. The Labute approximate surface area is 81.5 Å². The van der Waals surface area contributed by atoms with Gasteiger partial charge in [0.1, 0.15) is 9.21 Å². The van der Waals surface area contributed by atoms with Crippen LogP contribution in [0.25, 0.3) is 0 Å². The van der Waals surface area contributed by atoms with Gasteiger partial charge in [-0.1, -0.05) is 0 Å². The standard InChI is InChI=1S/C7H4Br2N2/c8-6-3-5(1-2-10)4-7(9)11-6/h3-4H,1H2. The van der Waals surface area contributed by atoms with Crippen molar-refractivity contribution >= 4 is 31.9 Å². The molecule has 1 heterocycles. The van der Waals surface area contributed by atoms with E-state index in [0.29, 0.717) is 6.42 Å². The van der Waals surface area contributed by atoms with Crippen molar-refractivity contribution in [2.75, 3.05) is 0 Å². The van der Waals surface area contributed by atoms with Crippen molar-refractivity contribution in [2.45, 2.75) is 6.42 Å². The molecule has 0 saturated heterocycles. The average Bonchev–Trinajstić information content (AvgIpc) is 1.85. The minimum atomic E-state index is 0.416. The minimum absolute atomic E-state index is 0.416. The smallest absolute Gasteiger partial charge is 0.107 e. The Morgan fingerprint density at radius 1 is 1.36 bits per heavy atom. The summed E-state index contributed by atoms with van der Waals surface area (Å²) in [7, 11) is 0. The number of hydrogen-bond donors (Lipinski definition) is 0. The molecule has 0 N–H and O–H groups in total. The summed E-state index contributed by atoms with van der Waals surface area (Å²) in [6.45, 7) is 0. The Hall–Kier alpha value is -0.400. The highest BCUT2D eigenvalue weighted by atomic mass is 79.9. The van der Waals surface area contributed by atoms with Gasteiger partial charge in [0.25, 0.3) is 0 Å². The largest absolute Gasteiger partial charge is 0.234 e. The molecule has 11 heavy (non-hydrogen) atoms. The summed E-state index contributed by atoms with van der Waals surface area (Å²) in [6.07, 6.45) is 0.416. The normalized spacial score (nSPS) is 9.18. The monoisotopic (exact) mass is 274 g/mol. The van der Waals surface area contributed by atoms with Crippen molar-refractivity contribution in [3.63, 3.8) is 0 Å². The van der Waals surface area contributed by atoms with Crippen LogP contribution in [0.15, 0.2) is 21.3 Å². The number of nitrogens with zero attached hydrogens (tertiary/aromatic N) is 2. The molecule has 56 valence electrons. The van der Waals surface area contributed by atoms with Gasteiger partial charge < -0.3 is 0 Å². The van der Waals surface area contributed by atoms with Gasteiger partial charge in [-0.05, 0) is 49.6 Å². The van der Waals surface area contributed by atoms with Gasteiger partial charge in [0.2, 0.25) is 0 Å². The molecule has 0 aliphatic heterocycles. The zero-order chi connectivity index (χ0) is 8.27. The zero-order valence-corrected chi connectivity index (χ0v) is 8.68. The van der Waals surface area contributed by atoms with Gasteiger partial charge in [-0.2, -0.15) is 5.26 Å². The van der Waals surface area contributed by atoms with Crippen LogP contribution in [0.1, 0.15) is 5.56 Å². The molecule has 0 spiro atoms. The molecule has 0 radical (unpaired) electrons. The summed E-state index contributed by atoms with van der Waals surface area (Å²) in [5.41, 5.74) is 0.959. The van der Waals surface area contributed by atoms with Gasteiger partial charge in [0, 0.05) is 0 Å². The van der Waals surface area contributed by atoms with E-state index in [-0.39, 0.29) is 0 Å². The molecule has 0 aliphatic carbocycles. The molecule has 0 amide bonds. The first-order valence-corrected chi connectivity index (χ1v) is 4.50. The predicted octanol–water partition coefficient (Wildman–Crippen LogP) is 2.67. The van der Waals surface area contributed by atoms with Crippen molar-refractivity contribution in [1.82, 2.24) is 4.98 Å². The lowest BCUT2D eigenvalue weighted by atomic mass is 10.2. The van der Waals surface area contributed by atoms with Crippen molar-refractivity contribution in [3.8, 4) is 6.07 Å². The first-order chi connectivity index (χ1) is 5.22. The van der Waals surface area contributed by atoms with E-state index in [0.717, 1.165) is 14.8 Å². The van der Waals surface area contributed by atoms with E-state index >= 15 is 0 Å². The van der Waals surface area contributed by atoms with Crippen LogP contribution in [0.5, 0.6) is 0 Å². The van der Waals surface area contributed by atoms with E-state index in [9.17, 15) is 0 Å². The Morgan fingerprint density at radius 3 is 2.36 bits per heavy atom. The Morgan fingerprint density at radius 2 is 1.91 bits per heavy atom. The van der Waals surface area contributed by atoms with Gasteiger partial charge in [0.05, 0.1) is 12.5 Å². The molecular formula is C7H4Br2N2. The molecule has 0 unspecified atom stereocenters. The topological polar surface area (TPSA) is 36.7 Å². The van der Waals surface area contributed by atoms with Crippen LogP contribution in [0.4, 0.5) is 0 Å². The van der Waals surface area contributed by atoms with E-state index in [1.54, 1.807) is 0 Å². The molecule has 0 aliphatic rings. The number of hydrogen-bond acceptors (Lipinski definition) is 2. The second-order valence-electron chi connectivity index (χ2n) is 1.96. The van der Waals surface area contributed by atoms with Gasteiger partial charge >= 0.3 is 0 Å². The highest BCUT2D eigenvalue weighted by Gasteiger charge is 1.97. The van der Waals surface area contributed by atoms with E-state index in [4.69, 9.17) is 5.26 Å². The number of aromatic nitrogens is 1. The molecule has 0 saturated carbocycles. The van der Waals surface area contributed by atoms with E-state index in [1.807, 2.05) is 12.1 Å². The molecule has 0 aromatic carbocycles. The fourth-order valence-corrected chi connectivity index (χ4v) is 1.92. The zero-order valence-electron chi connectivity index (χ0n) is 5.51. The van der Waals surface area contributed by atoms with Crippen LogP contribution in [0.2, 0.25) is 0 Å². The maximum Gasteiger partial charge on any atom is 0.107 e. The molecule has 4 heteroatoms. The SMILES string of the molecule is N#CCc1cc(Br)nc(Br)c1. The van der Waals surface area contributed by atoms with E-state index in [1.165, 1.54) is 0 Å². The van der Waals surface area contributed by atoms with Crippen molar-refractivity contribution in [3.05, 3.63) is 26.9 Å². The third-order valence-electron chi connectivity index (χ3n) is 1.11. The third kappa shape index (κ3) is 2.60. The molecule has 0 fully saturated rings. The number of rotatable bonds is 1. The lowest BCUT2D eigenvalue weighted by molar-refractivity contribution is 1.16. The van der Waals surface area contributed by atoms with E-state index in [2.05, 4.69) is 42.9 Å². The summed E-state index contributed by atoms with van der Waals surface area (Å²) in [5.74, 6) is 0. The van der Waals surface area contributed by atoms with Crippen LogP contribution in [0, 0.1) is 11.3 Å². The van der Waals surface area contributed by atoms with Crippen LogP contribution >= 0.6 is 31.9 Å². The molecule has 1 aromatic heterocycles. The maximum atomic E-state index is 8.40. The van der Waals surface area contributed by atoms with Crippen molar-refractivity contribution in [2.24, 2.45) is 0 Å². The Balaban J connectivity index is 3.01. The van der Waals surface area contributed by atoms with Gasteiger partial charge in [-0.15, -0.1) is 0 Å². The van der Waals surface area contributed by atoms with Crippen LogP contribution in [-0.2, 0) is 6.42 Å². The molecular weight excluding hydrogens is 272 g/mol. The van der Waals surface area contributed by atoms with Gasteiger partial charge in [-0.3, -0.25) is 0 Å². The molecule has 0 atom stereocenters. The number of nitriles is 1. The van der Waals surface area contributed by atoms with Crippen LogP contribution in [0.3, 0.4) is 0 Å². The summed E-state index contributed by atoms with van der Waals surface area (Å²) in [6, 6.07) is 5.72. The summed E-state index contributed by atoms with van der Waals surface area (Å²) in [4.78, 5) is 4.04. The number of pyridine rings is 1. The minimum Gasteiger partial charge on any atom is -0.234 e. The second-order valence-corrected chi connectivity index (χ2v) is 3.58. The maximum absolute atomic E-state index is 8.40. The molecule has 0 bridgehead atoms. The van der Waals surface area contributed by atoms with Crippen molar-refractivity contribution in [1.29, 1.82) is 5.26 Å². The summed E-state index contributed by atoms with van der Waals surface area (Å²) >= 11 is 6.46. The average molecular weight is 276 g/mol. The molecule has 1 rings (SSSR count). The molecule has 1 aromatic rings.